The van der Waals surface area contributed by atoms with Gasteiger partial charge in [-0.15, -0.1) is 0 Å². The van der Waals surface area contributed by atoms with Crippen LogP contribution in [-0.2, 0) is 21.4 Å². The van der Waals surface area contributed by atoms with Gasteiger partial charge < -0.3 is 18.8 Å². The molecular weight excluding hydrogens is 993 g/mol. The summed E-state index contributed by atoms with van der Waals surface area (Å²) < 4.78 is 13.2. The summed E-state index contributed by atoms with van der Waals surface area (Å²) in [6.45, 7) is 2.18. The van der Waals surface area contributed by atoms with Gasteiger partial charge in [-0.2, -0.15) is 0 Å². The summed E-state index contributed by atoms with van der Waals surface area (Å²) >= 11 is 11.3. The van der Waals surface area contributed by atoms with Crippen molar-refractivity contribution in [3.05, 3.63) is 116 Å². The number of nitrogens with one attached hydrogen (secondary N) is 1. The molecule has 5 aromatic rings. The number of fused-ring (bicyclic) bond motifs is 3. The molecule has 48 heavy (non-hydrogen) atoms. The van der Waals surface area contributed by atoms with Gasteiger partial charge in [-0.05, 0) is 105 Å². The van der Waals surface area contributed by atoms with Crippen molar-refractivity contribution in [1.29, 1.82) is 0 Å². The van der Waals surface area contributed by atoms with Crippen LogP contribution in [0.15, 0.2) is 94.1 Å². The van der Waals surface area contributed by atoms with Crippen molar-refractivity contribution in [1.82, 2.24) is 9.13 Å². The number of aryl methyl sites for hydroxylation is 1. The molecule has 1 atom stereocenters. The average Bonchev–Trinajstić information content (AvgIpc) is 4.05. The molecule has 9 rings (SSSR count). The zero-order valence-electron chi connectivity index (χ0n) is 26.6. The summed E-state index contributed by atoms with van der Waals surface area (Å²) in [7, 11) is 2.33. The quantitative estimate of drug-likeness (QED) is 0.111. The van der Waals surface area contributed by atoms with E-state index in [1.54, 1.807) is 10.4 Å². The summed E-state index contributed by atoms with van der Waals surface area (Å²) in [5.74, 6) is 0. The fraction of sp³-hybridized carbons (Fsp3) is 0.314. The Labute approximate surface area is 332 Å². The topological polar surface area (TPSA) is 63.1 Å². The maximum absolute atomic E-state index is 7.93. The van der Waals surface area contributed by atoms with Crippen molar-refractivity contribution in [3.63, 3.8) is 0 Å². The minimum atomic E-state index is -0.527. The van der Waals surface area contributed by atoms with E-state index in [1.165, 1.54) is 73.1 Å². The molecule has 1 unspecified atom stereocenters. The fourth-order valence-corrected chi connectivity index (χ4v) is 13.7. The summed E-state index contributed by atoms with van der Waals surface area (Å²) in [4.78, 5) is 0. The zero-order chi connectivity index (χ0) is 34.0. The van der Waals surface area contributed by atoms with Gasteiger partial charge in [-0.25, -0.2) is 0 Å². The van der Waals surface area contributed by atoms with E-state index in [0.29, 0.717) is 6.10 Å². The first kappa shape index (κ1) is 38.7. The summed E-state index contributed by atoms with van der Waals surface area (Å²) in [6, 6.07) is 25.3. The Bertz CT molecular complexity index is 1850. The molecular formula is C35H37B2Br2I2N3O2PS. The van der Waals surface area contributed by atoms with E-state index >= 15 is 0 Å². The second-order valence-corrected chi connectivity index (χ2v) is 22.6. The Kier molecular flexibility index (Phi) is 15.6. The Morgan fingerprint density at radius 2 is 1.44 bits per heavy atom. The number of hydrogen-bond acceptors (Lipinski definition) is 2. The van der Waals surface area contributed by atoms with Crippen molar-refractivity contribution in [2.45, 2.75) is 70.1 Å². The molecule has 2 N–H and O–H groups in total. The van der Waals surface area contributed by atoms with Crippen LogP contribution in [0.2, 0.25) is 0 Å². The average molecular weight is 1030 g/mol. The molecule has 1 radical (unpaired) electrons. The van der Waals surface area contributed by atoms with Crippen LogP contribution in [0.3, 0.4) is 0 Å². The summed E-state index contributed by atoms with van der Waals surface area (Å²) in [5, 5.41) is 10.7. The van der Waals surface area contributed by atoms with Crippen LogP contribution in [0.5, 0.6) is 0 Å². The third-order valence-corrected chi connectivity index (χ3v) is 14.8. The van der Waals surface area contributed by atoms with Crippen molar-refractivity contribution >= 4 is 131 Å². The summed E-state index contributed by atoms with van der Waals surface area (Å²) in [5.41, 5.74) is 13.9. The number of aromatic nitrogens is 2. The molecule has 0 spiro atoms. The zero-order valence-corrected chi connectivity index (χ0v) is 35.8. The van der Waals surface area contributed by atoms with Gasteiger partial charge in [0.25, 0.3) is 0 Å². The molecule has 4 aliphatic rings. The van der Waals surface area contributed by atoms with Gasteiger partial charge in [0.1, 0.15) is 0 Å². The third kappa shape index (κ3) is 11.5. The number of nitrogens with zero attached hydrogens (tertiary/aromatic N) is 2. The number of hydrogen-bond donors (Lipinski definition) is 1. The number of rotatable bonds is 4. The molecule has 0 bridgehead atoms. The molecule has 3 fully saturated rings. The minimum absolute atomic E-state index is 0.343. The first-order valence-electron chi connectivity index (χ1n) is 15.9. The Hall–Kier alpha value is -0.570. The molecule has 13 heteroatoms. The van der Waals surface area contributed by atoms with Gasteiger partial charge >= 0.3 is 76.5 Å². The van der Waals surface area contributed by atoms with Crippen LogP contribution in [0.1, 0.15) is 67.3 Å². The van der Waals surface area contributed by atoms with Gasteiger partial charge in [-0.3, -0.25) is 0 Å². The fourth-order valence-electron chi connectivity index (χ4n) is 5.41. The van der Waals surface area contributed by atoms with Crippen molar-refractivity contribution in [2.24, 2.45) is 0 Å². The van der Waals surface area contributed by atoms with Gasteiger partial charge in [-0.1, -0.05) is 74.3 Å². The van der Waals surface area contributed by atoms with E-state index in [2.05, 4.69) is 188 Å². The van der Waals surface area contributed by atoms with Gasteiger partial charge in [0.15, 0.2) is 0 Å². The Balaban J connectivity index is 0.000000122. The molecule has 3 aromatic carbocycles. The normalized spacial score (nSPS) is 15.7. The van der Waals surface area contributed by atoms with Crippen molar-refractivity contribution in [2.75, 3.05) is 0 Å². The van der Waals surface area contributed by atoms with Crippen LogP contribution >= 0.6 is 80.8 Å². The number of allylic oxidation sites excluding steroid dienone is 1. The molecule has 3 saturated carbocycles. The number of halogens is 4. The second kappa shape index (κ2) is 19.3. The molecule has 2 aromatic heterocycles. The van der Waals surface area contributed by atoms with Crippen LogP contribution in [-0.4, -0.2) is 32.0 Å². The molecule has 0 aliphatic heterocycles. The van der Waals surface area contributed by atoms with Crippen LogP contribution in [0.4, 0.5) is 0 Å². The standard InChI is InChI=1S/C12H13N.C11H10BrN.C9H7Br.C3H6BO2.BHI2NPS/c1-9-3-2-4-12-11(9)7-8-13(12)10-5-6-10;12-10-2-1-3-11-9(10)6-7-13(11)8-4-5-8;10-9-6-2-4-7-3-1-5-8(7)9;5-4-6-3-1-2-3;2-1-6-5(3)4/h2-4,7-8,10H,5-6H2,1H3;1-3,6-8H,4-5H2;1-2,4-6H,3H2;3,5H,1-2H2;4H. The molecule has 0 amide bonds. The van der Waals surface area contributed by atoms with Gasteiger partial charge in [0, 0.05) is 61.3 Å². The van der Waals surface area contributed by atoms with E-state index < -0.39 is 4.49 Å². The first-order chi connectivity index (χ1) is 23.3. The molecule has 249 valence electrons. The van der Waals surface area contributed by atoms with Gasteiger partial charge in [0.05, 0.1) is 0 Å². The predicted molar refractivity (Wildman–Crippen MR) is 234 cm³/mol. The van der Waals surface area contributed by atoms with Crippen LogP contribution in [0, 0.1) is 6.92 Å². The van der Waals surface area contributed by atoms with E-state index in [-0.39, 0.29) is 0 Å². The maximum atomic E-state index is 7.93. The van der Waals surface area contributed by atoms with Crippen molar-refractivity contribution in [3.8, 4) is 0 Å². The van der Waals surface area contributed by atoms with E-state index in [1.807, 2.05) is 4.01 Å². The summed E-state index contributed by atoms with van der Waals surface area (Å²) in [6.07, 6.45) is 17.8. The SMILES string of the molecule is Brc1cccc2c1C=CC2.Brc1cccc2c1ccn2C1CC1.Cc1cccc2c1ccn2C1CC1.O[B]OC1CC1.[NH-][P+](I)=S=BI. The van der Waals surface area contributed by atoms with E-state index in [4.69, 9.17) is 10.5 Å². The Morgan fingerprint density at radius 3 is 1.96 bits per heavy atom. The van der Waals surface area contributed by atoms with Crippen molar-refractivity contribution < 1.29 is 9.68 Å². The molecule has 2 heterocycles. The van der Waals surface area contributed by atoms with E-state index in [9.17, 15) is 0 Å². The second-order valence-electron chi connectivity index (χ2n) is 11.9. The molecule has 4 aliphatic carbocycles. The predicted octanol–water partition coefficient (Wildman–Crippen LogP) is 12.5. The third-order valence-electron chi connectivity index (χ3n) is 8.25. The van der Waals surface area contributed by atoms with Gasteiger partial charge in [0.2, 0.25) is 0 Å². The van der Waals surface area contributed by atoms with E-state index in [0.717, 1.165) is 39.0 Å². The van der Waals surface area contributed by atoms with Crippen LogP contribution in [0.25, 0.3) is 33.4 Å². The monoisotopic (exact) mass is 1030 g/mol. The van der Waals surface area contributed by atoms with Crippen LogP contribution < -0.4 is 0 Å². The molecule has 5 nitrogen and oxygen atoms in total. The number of benzene rings is 3. The molecule has 0 saturated heterocycles. The first-order valence-corrected chi connectivity index (χ1v) is 24.4. The Morgan fingerprint density at radius 1 is 0.854 bits per heavy atom.